The van der Waals surface area contributed by atoms with Gasteiger partial charge in [-0.1, -0.05) is 140 Å². The van der Waals surface area contributed by atoms with E-state index in [4.69, 9.17) is 19.4 Å². The van der Waals surface area contributed by atoms with Crippen LogP contribution in [0.1, 0.15) is 0 Å². The summed E-state index contributed by atoms with van der Waals surface area (Å²) >= 11 is 0. The van der Waals surface area contributed by atoms with Crippen LogP contribution in [0, 0.1) is 0 Å². The summed E-state index contributed by atoms with van der Waals surface area (Å²) in [5.74, 6) is 1.84. The molecule has 10 aromatic rings. The second kappa shape index (κ2) is 11.0. The number of benzene rings is 8. The van der Waals surface area contributed by atoms with Crippen molar-refractivity contribution in [2.24, 2.45) is 0 Å². The second-order valence-corrected chi connectivity index (χ2v) is 12.4. The lowest BCUT2D eigenvalue weighted by Crippen LogP contribution is -2.01. The van der Waals surface area contributed by atoms with Gasteiger partial charge in [0.2, 0.25) is 0 Å². The van der Waals surface area contributed by atoms with Gasteiger partial charge >= 0.3 is 0 Å². The number of aromatic nitrogens is 3. The van der Waals surface area contributed by atoms with E-state index in [0.717, 1.165) is 60.5 Å². The minimum absolute atomic E-state index is 0.597. The van der Waals surface area contributed by atoms with Gasteiger partial charge < -0.3 is 4.42 Å². The lowest BCUT2D eigenvalue weighted by Gasteiger charge is -2.15. The maximum Gasteiger partial charge on any atom is 0.164 e. The minimum atomic E-state index is 0.597. The standard InChI is InChI=1S/C45H27N3O/c1-3-13-28(14-4-1)32-26-38(42-36-21-11-12-22-39(36)49-40(42)27-32)45-47-43(30-16-5-2-6-17-30)46-44(48-45)37-25-31-18-8-9-19-33(31)35-24-23-29-15-7-10-20-34(29)41(35)37/h1-27H. The highest BCUT2D eigenvalue weighted by Gasteiger charge is 2.21. The first kappa shape index (κ1) is 27.5. The van der Waals surface area contributed by atoms with E-state index in [9.17, 15) is 0 Å². The van der Waals surface area contributed by atoms with Gasteiger partial charge in [0.25, 0.3) is 0 Å². The highest BCUT2D eigenvalue weighted by atomic mass is 16.3. The molecule has 4 nitrogen and oxygen atoms in total. The Morgan fingerprint density at radius 2 is 0.918 bits per heavy atom. The van der Waals surface area contributed by atoms with E-state index in [-0.39, 0.29) is 0 Å². The average molecular weight is 626 g/mol. The monoisotopic (exact) mass is 625 g/mol. The molecule has 0 saturated heterocycles. The fourth-order valence-corrected chi connectivity index (χ4v) is 7.22. The predicted octanol–water partition coefficient (Wildman–Crippen LogP) is 11.9. The maximum atomic E-state index is 6.49. The molecule has 49 heavy (non-hydrogen) atoms. The summed E-state index contributed by atoms with van der Waals surface area (Å²) in [5.41, 5.74) is 6.55. The fraction of sp³-hybridized carbons (Fsp3) is 0. The van der Waals surface area contributed by atoms with Crippen molar-refractivity contribution in [2.45, 2.75) is 0 Å². The molecule has 0 radical (unpaired) electrons. The van der Waals surface area contributed by atoms with Crippen LogP contribution in [0.2, 0.25) is 0 Å². The number of nitrogens with zero attached hydrogens (tertiary/aromatic N) is 3. The van der Waals surface area contributed by atoms with Gasteiger partial charge in [-0.25, -0.2) is 15.0 Å². The molecule has 0 aliphatic heterocycles. The molecule has 2 aromatic heterocycles. The summed E-state index contributed by atoms with van der Waals surface area (Å²) in [6.45, 7) is 0. The quantitative estimate of drug-likeness (QED) is 0.183. The van der Waals surface area contributed by atoms with Gasteiger partial charge in [-0.15, -0.1) is 0 Å². The van der Waals surface area contributed by atoms with Gasteiger partial charge in [0.15, 0.2) is 17.5 Å². The molecule has 2 heterocycles. The van der Waals surface area contributed by atoms with Crippen LogP contribution in [0.3, 0.4) is 0 Å². The lowest BCUT2D eigenvalue weighted by molar-refractivity contribution is 0.669. The molecule has 10 rings (SSSR count). The Hall–Kier alpha value is -6.65. The lowest BCUT2D eigenvalue weighted by atomic mass is 9.92. The highest BCUT2D eigenvalue weighted by molar-refractivity contribution is 6.22. The zero-order chi connectivity index (χ0) is 32.3. The Kier molecular flexibility index (Phi) is 6.15. The fourth-order valence-electron chi connectivity index (χ4n) is 7.22. The van der Waals surface area contributed by atoms with Crippen molar-refractivity contribution in [2.75, 3.05) is 0 Å². The van der Waals surface area contributed by atoms with Gasteiger partial charge in [-0.3, -0.25) is 0 Å². The Balaban J connectivity index is 1.34. The van der Waals surface area contributed by atoms with Crippen LogP contribution in [0.25, 0.3) is 99.5 Å². The number of rotatable bonds is 4. The molecule has 0 amide bonds. The molecule has 0 fully saturated rings. The first-order chi connectivity index (χ1) is 24.3. The van der Waals surface area contributed by atoms with E-state index in [1.807, 2.05) is 42.5 Å². The van der Waals surface area contributed by atoms with Crippen molar-refractivity contribution < 1.29 is 4.42 Å². The summed E-state index contributed by atoms with van der Waals surface area (Å²) in [4.78, 5) is 15.8. The van der Waals surface area contributed by atoms with E-state index in [1.165, 1.54) is 21.5 Å². The molecule has 0 saturated carbocycles. The molecule has 228 valence electrons. The molecule has 8 aromatic carbocycles. The zero-order valence-corrected chi connectivity index (χ0v) is 26.3. The van der Waals surface area contributed by atoms with Crippen LogP contribution in [0.15, 0.2) is 168 Å². The SMILES string of the molecule is c1ccc(-c2cc(-c3nc(-c4ccccc4)nc(-c4cc5ccccc5c5ccc6ccccc6c45)n3)c3c(c2)oc2ccccc23)cc1. The van der Waals surface area contributed by atoms with Crippen molar-refractivity contribution in [3.8, 4) is 45.3 Å². The van der Waals surface area contributed by atoms with Gasteiger partial charge in [0.05, 0.1) is 0 Å². The largest absolute Gasteiger partial charge is 0.456 e. The summed E-state index contributed by atoms with van der Waals surface area (Å²) in [7, 11) is 0. The highest BCUT2D eigenvalue weighted by Crippen LogP contribution is 2.42. The Labute approximate surface area is 282 Å². The minimum Gasteiger partial charge on any atom is -0.456 e. The number of hydrogen-bond donors (Lipinski definition) is 0. The summed E-state index contributed by atoms with van der Waals surface area (Å²) < 4.78 is 6.49. The molecule has 0 bridgehead atoms. The summed E-state index contributed by atoms with van der Waals surface area (Å²) in [6, 6.07) is 56.8. The number of furan rings is 1. The van der Waals surface area contributed by atoms with Crippen LogP contribution in [-0.4, -0.2) is 15.0 Å². The number of fused-ring (bicyclic) bond motifs is 8. The van der Waals surface area contributed by atoms with Crippen molar-refractivity contribution in [3.63, 3.8) is 0 Å². The van der Waals surface area contributed by atoms with Crippen LogP contribution >= 0.6 is 0 Å². The Morgan fingerprint density at radius 3 is 1.69 bits per heavy atom. The summed E-state index contributed by atoms with van der Waals surface area (Å²) in [5, 5.41) is 8.99. The molecule has 4 heteroatoms. The topological polar surface area (TPSA) is 51.8 Å². The molecule has 0 unspecified atom stereocenters. The van der Waals surface area contributed by atoms with Crippen molar-refractivity contribution >= 4 is 54.3 Å². The first-order valence-electron chi connectivity index (χ1n) is 16.4. The number of para-hydroxylation sites is 1. The van der Waals surface area contributed by atoms with Gasteiger partial charge in [0, 0.05) is 32.8 Å². The van der Waals surface area contributed by atoms with E-state index in [0.29, 0.717) is 17.5 Å². The molecule has 0 N–H and O–H groups in total. The van der Waals surface area contributed by atoms with Crippen molar-refractivity contribution in [1.82, 2.24) is 15.0 Å². The summed E-state index contributed by atoms with van der Waals surface area (Å²) in [6.07, 6.45) is 0. The molecule has 0 spiro atoms. The molecule has 0 aliphatic carbocycles. The zero-order valence-electron chi connectivity index (χ0n) is 26.3. The second-order valence-electron chi connectivity index (χ2n) is 12.4. The van der Waals surface area contributed by atoms with Gasteiger partial charge in [-0.05, 0) is 62.3 Å². The normalized spacial score (nSPS) is 11.7. The molecular weight excluding hydrogens is 599 g/mol. The van der Waals surface area contributed by atoms with Crippen molar-refractivity contribution in [3.05, 3.63) is 164 Å². The maximum absolute atomic E-state index is 6.49. The van der Waals surface area contributed by atoms with Gasteiger partial charge in [0.1, 0.15) is 11.2 Å². The van der Waals surface area contributed by atoms with Gasteiger partial charge in [-0.2, -0.15) is 0 Å². The van der Waals surface area contributed by atoms with Crippen molar-refractivity contribution in [1.29, 1.82) is 0 Å². The number of hydrogen-bond acceptors (Lipinski definition) is 4. The van der Waals surface area contributed by atoms with Crippen LogP contribution in [0.5, 0.6) is 0 Å². The Morgan fingerprint density at radius 1 is 0.327 bits per heavy atom. The third-order valence-corrected chi connectivity index (χ3v) is 9.48. The average Bonchev–Trinajstić information content (AvgIpc) is 3.56. The third-order valence-electron chi connectivity index (χ3n) is 9.48. The molecule has 0 aliphatic rings. The van der Waals surface area contributed by atoms with E-state index in [2.05, 4.69) is 121 Å². The Bertz CT molecular complexity index is 2880. The van der Waals surface area contributed by atoms with E-state index < -0.39 is 0 Å². The predicted molar refractivity (Wildman–Crippen MR) is 201 cm³/mol. The molecule has 0 atom stereocenters. The van der Waals surface area contributed by atoms with E-state index >= 15 is 0 Å². The van der Waals surface area contributed by atoms with Crippen LogP contribution in [-0.2, 0) is 0 Å². The van der Waals surface area contributed by atoms with Crippen LogP contribution in [0.4, 0.5) is 0 Å². The van der Waals surface area contributed by atoms with Crippen LogP contribution < -0.4 is 0 Å². The first-order valence-corrected chi connectivity index (χ1v) is 16.4. The molecular formula is C45H27N3O. The van der Waals surface area contributed by atoms with E-state index in [1.54, 1.807) is 0 Å². The smallest absolute Gasteiger partial charge is 0.164 e. The third kappa shape index (κ3) is 4.49.